The van der Waals surface area contributed by atoms with Crippen molar-refractivity contribution in [2.45, 2.75) is 57.7 Å². The number of hydrogen-bond acceptors (Lipinski definition) is 8. The van der Waals surface area contributed by atoms with Crippen LogP contribution in [0.5, 0.6) is 11.5 Å². The van der Waals surface area contributed by atoms with Crippen LogP contribution < -0.4 is 15.0 Å². The summed E-state index contributed by atoms with van der Waals surface area (Å²) in [4.78, 5) is 21.6. The van der Waals surface area contributed by atoms with Crippen LogP contribution in [0, 0.1) is 6.92 Å². The number of pyridine rings is 1. The minimum atomic E-state index is -0.321. The number of fused-ring (bicyclic) bond motifs is 2. The summed E-state index contributed by atoms with van der Waals surface area (Å²) in [5.41, 5.74) is 3.83. The first kappa shape index (κ1) is 25.2. The van der Waals surface area contributed by atoms with E-state index in [0.717, 1.165) is 79.4 Å². The summed E-state index contributed by atoms with van der Waals surface area (Å²) < 4.78 is 13.1. The summed E-state index contributed by atoms with van der Waals surface area (Å²) in [5.74, 6) is 2.40. The monoisotopic (exact) mass is 541 g/mol. The second-order valence-electron chi connectivity index (χ2n) is 11.3. The normalized spacial score (nSPS) is 19.3. The zero-order valence-corrected chi connectivity index (χ0v) is 22.9. The molecule has 4 heterocycles. The van der Waals surface area contributed by atoms with Crippen molar-refractivity contribution < 1.29 is 9.47 Å². The fourth-order valence-electron chi connectivity index (χ4n) is 6.49. The highest BCUT2D eigenvalue weighted by molar-refractivity contribution is 5.79. The van der Waals surface area contributed by atoms with Gasteiger partial charge in [-0.3, -0.25) is 14.6 Å². The molecule has 3 aliphatic rings. The van der Waals surface area contributed by atoms with Gasteiger partial charge in [0.15, 0.2) is 17.3 Å². The van der Waals surface area contributed by atoms with Gasteiger partial charge in [0, 0.05) is 43.8 Å². The van der Waals surface area contributed by atoms with E-state index < -0.39 is 0 Å². The van der Waals surface area contributed by atoms with Gasteiger partial charge in [-0.1, -0.05) is 37.0 Å². The van der Waals surface area contributed by atoms with Gasteiger partial charge in [-0.25, -0.2) is 4.68 Å². The fourth-order valence-corrected chi connectivity index (χ4v) is 6.49. The Morgan fingerprint density at radius 1 is 0.975 bits per heavy atom. The lowest BCUT2D eigenvalue weighted by atomic mass is 9.95. The van der Waals surface area contributed by atoms with Crippen LogP contribution in [0.25, 0.3) is 10.9 Å². The van der Waals surface area contributed by atoms with Gasteiger partial charge in [0.05, 0.1) is 6.04 Å². The van der Waals surface area contributed by atoms with Gasteiger partial charge in [-0.15, -0.1) is 5.10 Å². The summed E-state index contributed by atoms with van der Waals surface area (Å²) in [7, 11) is 0. The third-order valence-electron chi connectivity index (χ3n) is 8.62. The number of ether oxygens (including phenoxy) is 2. The lowest BCUT2D eigenvalue weighted by molar-refractivity contribution is 0.0982. The molecule has 10 heteroatoms. The highest BCUT2D eigenvalue weighted by Gasteiger charge is 2.34. The van der Waals surface area contributed by atoms with Crippen LogP contribution in [-0.4, -0.2) is 68.0 Å². The Hall–Kier alpha value is -3.76. The van der Waals surface area contributed by atoms with Crippen molar-refractivity contribution in [2.75, 3.05) is 33.0 Å². The van der Waals surface area contributed by atoms with E-state index in [2.05, 4.69) is 55.4 Å². The fraction of sp³-hybridized carbons (Fsp3) is 0.467. The predicted molar refractivity (Wildman–Crippen MR) is 151 cm³/mol. The quantitative estimate of drug-likeness (QED) is 0.392. The van der Waals surface area contributed by atoms with Crippen molar-refractivity contribution in [3.63, 3.8) is 0 Å². The molecule has 0 unspecified atom stereocenters. The van der Waals surface area contributed by atoms with Crippen molar-refractivity contribution >= 4 is 10.9 Å². The van der Waals surface area contributed by atoms with Crippen molar-refractivity contribution in [1.82, 2.24) is 35.0 Å². The second kappa shape index (κ2) is 10.7. The smallest absolute Gasteiger partial charge is 0.253 e. The summed E-state index contributed by atoms with van der Waals surface area (Å²) in [6, 6.07) is 14.3. The van der Waals surface area contributed by atoms with Crippen LogP contribution in [0.1, 0.15) is 66.7 Å². The molecule has 0 bridgehead atoms. The number of benzene rings is 2. The second-order valence-corrected chi connectivity index (χ2v) is 11.3. The summed E-state index contributed by atoms with van der Waals surface area (Å²) in [5, 5.41) is 14.2. The number of hydrogen-bond donors (Lipinski definition) is 1. The summed E-state index contributed by atoms with van der Waals surface area (Å²) in [6.07, 6.45) is 5.76. The Kier molecular flexibility index (Phi) is 6.73. The molecule has 0 spiro atoms. The SMILES string of the molecule is Cc1ccc2[nH]c(=O)c([C@H](c3nnnn3C3CCCCC3)N3CCN(Cc4ccc5c(c4)OCO5)CC3)cc2c1. The Morgan fingerprint density at radius 2 is 1.80 bits per heavy atom. The molecule has 1 atom stereocenters. The first-order chi connectivity index (χ1) is 19.6. The van der Waals surface area contributed by atoms with Crippen molar-refractivity contribution in [1.29, 1.82) is 0 Å². The maximum atomic E-state index is 13.6. The third kappa shape index (κ3) is 4.86. The van der Waals surface area contributed by atoms with Crippen molar-refractivity contribution in [2.24, 2.45) is 0 Å². The van der Waals surface area contributed by atoms with Gasteiger partial charge in [0.25, 0.3) is 5.56 Å². The number of aromatic nitrogens is 5. The molecular formula is C30H35N7O3. The Balaban J connectivity index is 1.19. The molecule has 1 N–H and O–H groups in total. The first-order valence-corrected chi connectivity index (χ1v) is 14.4. The number of nitrogens with one attached hydrogen (secondary N) is 1. The van der Waals surface area contributed by atoms with E-state index in [4.69, 9.17) is 9.47 Å². The van der Waals surface area contributed by atoms with Crippen molar-refractivity contribution in [3.05, 3.63) is 75.3 Å². The van der Waals surface area contributed by atoms with E-state index in [1.165, 1.54) is 24.8 Å². The molecule has 2 aromatic carbocycles. The van der Waals surface area contributed by atoms with E-state index in [9.17, 15) is 4.79 Å². The molecule has 1 saturated carbocycles. The molecule has 0 amide bonds. The highest BCUT2D eigenvalue weighted by atomic mass is 16.7. The molecule has 1 aliphatic carbocycles. The van der Waals surface area contributed by atoms with Crippen LogP contribution in [-0.2, 0) is 6.54 Å². The van der Waals surface area contributed by atoms with Crippen LogP contribution in [0.3, 0.4) is 0 Å². The van der Waals surface area contributed by atoms with E-state index in [-0.39, 0.29) is 24.4 Å². The van der Waals surface area contributed by atoms with E-state index in [1.54, 1.807) is 0 Å². The minimum absolute atomic E-state index is 0.0812. The van der Waals surface area contributed by atoms with Gasteiger partial charge < -0.3 is 14.5 Å². The maximum absolute atomic E-state index is 13.6. The van der Waals surface area contributed by atoms with Crippen LogP contribution >= 0.6 is 0 Å². The Morgan fingerprint density at radius 3 is 2.65 bits per heavy atom. The third-order valence-corrected chi connectivity index (χ3v) is 8.62. The molecule has 2 fully saturated rings. The zero-order chi connectivity index (χ0) is 27.1. The largest absolute Gasteiger partial charge is 0.454 e. The number of piperazine rings is 1. The molecule has 208 valence electrons. The molecule has 40 heavy (non-hydrogen) atoms. The molecule has 7 rings (SSSR count). The molecule has 4 aromatic rings. The number of H-pyrrole nitrogens is 1. The molecule has 10 nitrogen and oxygen atoms in total. The van der Waals surface area contributed by atoms with Gasteiger partial charge >= 0.3 is 0 Å². The van der Waals surface area contributed by atoms with E-state index in [1.807, 2.05) is 28.9 Å². The molecule has 0 radical (unpaired) electrons. The zero-order valence-electron chi connectivity index (χ0n) is 22.9. The lowest BCUT2D eigenvalue weighted by Gasteiger charge is -2.39. The minimum Gasteiger partial charge on any atom is -0.454 e. The number of aryl methyl sites for hydroxylation is 1. The average molecular weight is 542 g/mol. The maximum Gasteiger partial charge on any atom is 0.253 e. The molecule has 1 saturated heterocycles. The summed E-state index contributed by atoms with van der Waals surface area (Å²) in [6.45, 7) is 6.55. The highest BCUT2D eigenvalue weighted by Crippen LogP contribution is 2.35. The van der Waals surface area contributed by atoms with Crippen LogP contribution in [0.2, 0.25) is 0 Å². The Bertz CT molecular complexity index is 1570. The van der Waals surface area contributed by atoms with Crippen LogP contribution in [0.15, 0.2) is 47.3 Å². The van der Waals surface area contributed by atoms with Crippen LogP contribution in [0.4, 0.5) is 0 Å². The van der Waals surface area contributed by atoms with Crippen molar-refractivity contribution in [3.8, 4) is 11.5 Å². The standard InChI is InChI=1S/C30H35N7O3/c1-20-7-9-25-22(15-20)17-24(30(38)31-25)28(29-32-33-34-37(29)23-5-3-2-4-6-23)36-13-11-35(12-14-36)18-21-8-10-26-27(16-21)40-19-39-26/h7-10,15-17,23,28H,2-6,11-14,18-19H2,1H3,(H,31,38)/t28-/m1/s1. The summed E-state index contributed by atoms with van der Waals surface area (Å²) >= 11 is 0. The number of tetrazole rings is 1. The number of rotatable bonds is 6. The van der Waals surface area contributed by atoms with E-state index in [0.29, 0.717) is 5.56 Å². The first-order valence-electron chi connectivity index (χ1n) is 14.4. The number of aromatic amines is 1. The predicted octanol–water partition coefficient (Wildman–Crippen LogP) is 3.96. The average Bonchev–Trinajstić information content (AvgIpc) is 3.65. The lowest BCUT2D eigenvalue weighted by Crippen LogP contribution is -2.48. The van der Waals surface area contributed by atoms with Gasteiger partial charge in [-0.05, 0) is 71.5 Å². The van der Waals surface area contributed by atoms with Gasteiger partial charge in [0.2, 0.25) is 6.79 Å². The molecule has 2 aliphatic heterocycles. The van der Waals surface area contributed by atoms with Gasteiger partial charge in [0.1, 0.15) is 6.04 Å². The topological polar surface area (TPSA) is 101 Å². The number of nitrogens with zero attached hydrogens (tertiary/aromatic N) is 6. The molecule has 2 aromatic heterocycles. The van der Waals surface area contributed by atoms with Gasteiger partial charge in [-0.2, -0.15) is 0 Å². The Labute approximate surface area is 232 Å². The van der Waals surface area contributed by atoms with E-state index >= 15 is 0 Å². The molecular weight excluding hydrogens is 506 g/mol.